The molecule has 1 aliphatic heterocycles. The van der Waals surface area contributed by atoms with Crippen molar-refractivity contribution in [1.82, 2.24) is 4.98 Å². The van der Waals surface area contributed by atoms with Gasteiger partial charge in [0, 0.05) is 12.8 Å². The lowest BCUT2D eigenvalue weighted by atomic mass is 9.86. The molecule has 0 aliphatic carbocycles. The van der Waals surface area contributed by atoms with E-state index in [9.17, 15) is 4.79 Å². The van der Waals surface area contributed by atoms with Crippen molar-refractivity contribution in [3.8, 4) is 0 Å². The first-order valence-corrected chi connectivity index (χ1v) is 5.94. The number of nitrogen functional groups attached to an aromatic ring is 1. The van der Waals surface area contributed by atoms with Crippen LogP contribution in [0.4, 0.5) is 5.82 Å². The first kappa shape index (κ1) is 12.0. The Hall–Kier alpha value is -1.42. The zero-order valence-corrected chi connectivity index (χ0v) is 10.3. The number of aryl methyl sites for hydroxylation is 1. The van der Waals surface area contributed by atoms with Gasteiger partial charge in [-0.15, -0.1) is 0 Å². The molecule has 17 heavy (non-hydrogen) atoms. The molecule has 1 atom stereocenters. The fraction of sp³-hybridized carbons (Fsp3) is 0.538. The fourth-order valence-corrected chi connectivity index (χ4v) is 2.25. The largest absolute Gasteiger partial charge is 0.383 e. The van der Waals surface area contributed by atoms with Crippen LogP contribution >= 0.6 is 0 Å². The Balaban J connectivity index is 2.36. The highest BCUT2D eigenvalue weighted by atomic mass is 16.5. The van der Waals surface area contributed by atoms with Crippen LogP contribution in [-0.2, 0) is 4.74 Å². The van der Waals surface area contributed by atoms with E-state index in [1.54, 1.807) is 12.3 Å². The molecule has 0 aromatic carbocycles. The molecule has 2 heterocycles. The van der Waals surface area contributed by atoms with Crippen LogP contribution in [-0.4, -0.2) is 23.0 Å². The highest BCUT2D eigenvalue weighted by Crippen LogP contribution is 2.30. The Morgan fingerprint density at radius 2 is 2.29 bits per heavy atom. The lowest BCUT2D eigenvalue weighted by Gasteiger charge is -2.32. The number of carbonyl (C=O) groups is 1. The van der Waals surface area contributed by atoms with Crippen LogP contribution in [0.2, 0.25) is 0 Å². The minimum atomic E-state index is -0.736. The molecular weight excluding hydrogens is 216 g/mol. The van der Waals surface area contributed by atoms with E-state index < -0.39 is 5.60 Å². The number of ether oxygens (including phenoxy) is 1. The Labute approximate surface area is 101 Å². The third-order valence-corrected chi connectivity index (χ3v) is 3.36. The summed E-state index contributed by atoms with van der Waals surface area (Å²) in [6.07, 6.45) is 4.40. The molecule has 4 nitrogen and oxygen atoms in total. The summed E-state index contributed by atoms with van der Waals surface area (Å²) in [6, 6.07) is 1.80. The molecule has 1 saturated heterocycles. The van der Waals surface area contributed by atoms with E-state index in [1.165, 1.54) is 0 Å². The van der Waals surface area contributed by atoms with Gasteiger partial charge in [-0.3, -0.25) is 4.79 Å². The highest BCUT2D eigenvalue weighted by Gasteiger charge is 2.38. The van der Waals surface area contributed by atoms with E-state index in [0.717, 1.165) is 24.8 Å². The lowest BCUT2D eigenvalue weighted by molar-refractivity contribution is -0.0426. The molecule has 0 radical (unpaired) electrons. The predicted molar refractivity (Wildman–Crippen MR) is 65.9 cm³/mol. The summed E-state index contributed by atoms with van der Waals surface area (Å²) in [5.41, 5.74) is 6.43. The van der Waals surface area contributed by atoms with E-state index in [1.807, 2.05) is 13.8 Å². The van der Waals surface area contributed by atoms with Crippen molar-refractivity contribution in [2.45, 2.75) is 38.7 Å². The molecule has 4 heteroatoms. The quantitative estimate of drug-likeness (QED) is 0.796. The number of Topliss-reactive ketones (excluding diaryl/α,β-unsaturated/α-hetero) is 1. The second kappa shape index (κ2) is 4.45. The second-order valence-electron chi connectivity index (χ2n) is 4.75. The van der Waals surface area contributed by atoms with Crippen molar-refractivity contribution in [3.63, 3.8) is 0 Å². The number of ketones is 1. The molecule has 0 bridgehead atoms. The Kier molecular flexibility index (Phi) is 3.15. The maximum atomic E-state index is 12.5. The van der Waals surface area contributed by atoms with Crippen LogP contribution in [0.25, 0.3) is 0 Å². The zero-order valence-electron chi connectivity index (χ0n) is 10.3. The van der Waals surface area contributed by atoms with Gasteiger partial charge in [-0.25, -0.2) is 4.98 Å². The number of nitrogens with two attached hydrogens (primary N) is 1. The molecule has 0 spiro atoms. The van der Waals surface area contributed by atoms with Gasteiger partial charge >= 0.3 is 0 Å². The first-order valence-electron chi connectivity index (χ1n) is 5.94. The maximum Gasteiger partial charge on any atom is 0.198 e. The molecule has 1 aromatic rings. The smallest absolute Gasteiger partial charge is 0.198 e. The number of nitrogens with zero attached hydrogens (tertiary/aromatic N) is 1. The summed E-state index contributed by atoms with van der Waals surface area (Å²) in [7, 11) is 0. The summed E-state index contributed by atoms with van der Waals surface area (Å²) < 4.78 is 5.66. The standard InChI is InChI=1S/C13H18N2O2/c1-9-5-7-15-12(14)10(9)11(16)13(2)6-3-4-8-17-13/h5,7H,3-4,6,8H2,1-2H3,(H2,14,15). The van der Waals surface area contributed by atoms with Crippen LogP contribution in [0, 0.1) is 6.92 Å². The first-order chi connectivity index (χ1) is 8.04. The Bertz CT molecular complexity index is 417. The van der Waals surface area contributed by atoms with E-state index >= 15 is 0 Å². The third-order valence-electron chi connectivity index (χ3n) is 3.36. The van der Waals surface area contributed by atoms with Crippen molar-refractivity contribution in [1.29, 1.82) is 0 Å². The van der Waals surface area contributed by atoms with Crippen molar-refractivity contribution < 1.29 is 9.53 Å². The monoisotopic (exact) mass is 234 g/mol. The molecule has 92 valence electrons. The molecular formula is C13H18N2O2. The Morgan fingerprint density at radius 3 is 2.88 bits per heavy atom. The average molecular weight is 234 g/mol. The van der Waals surface area contributed by atoms with Crippen LogP contribution in [0.15, 0.2) is 12.3 Å². The Morgan fingerprint density at radius 1 is 1.53 bits per heavy atom. The number of carbonyl (C=O) groups excluding carboxylic acids is 1. The molecule has 1 aromatic heterocycles. The third kappa shape index (κ3) is 2.17. The van der Waals surface area contributed by atoms with Crippen LogP contribution < -0.4 is 5.73 Å². The van der Waals surface area contributed by atoms with Gasteiger partial charge in [-0.1, -0.05) is 0 Å². The molecule has 1 fully saturated rings. The van der Waals surface area contributed by atoms with Crippen LogP contribution in [0.3, 0.4) is 0 Å². The number of rotatable bonds is 2. The number of aromatic nitrogens is 1. The SMILES string of the molecule is Cc1ccnc(N)c1C(=O)C1(C)CCCCO1. The summed E-state index contributed by atoms with van der Waals surface area (Å²) in [6.45, 7) is 4.36. The van der Waals surface area contributed by atoms with Crippen molar-refractivity contribution in [2.75, 3.05) is 12.3 Å². The van der Waals surface area contributed by atoms with E-state index in [2.05, 4.69) is 4.98 Å². The summed E-state index contributed by atoms with van der Waals surface area (Å²) in [4.78, 5) is 16.5. The van der Waals surface area contributed by atoms with Gasteiger partial charge in [0.25, 0.3) is 0 Å². The van der Waals surface area contributed by atoms with E-state index in [4.69, 9.17) is 10.5 Å². The summed E-state index contributed by atoms with van der Waals surface area (Å²) >= 11 is 0. The predicted octanol–water partition coefficient (Wildman–Crippen LogP) is 2.11. The molecule has 0 saturated carbocycles. The lowest BCUT2D eigenvalue weighted by Crippen LogP contribution is -2.42. The van der Waals surface area contributed by atoms with Crippen molar-refractivity contribution in [2.24, 2.45) is 0 Å². The molecule has 1 aliphatic rings. The average Bonchev–Trinajstić information content (AvgIpc) is 2.29. The van der Waals surface area contributed by atoms with Crippen molar-refractivity contribution in [3.05, 3.63) is 23.4 Å². The molecule has 1 unspecified atom stereocenters. The van der Waals surface area contributed by atoms with Gasteiger partial charge in [-0.05, 0) is 44.7 Å². The van der Waals surface area contributed by atoms with E-state index in [0.29, 0.717) is 18.0 Å². The van der Waals surface area contributed by atoms with Crippen LogP contribution in [0.1, 0.15) is 42.1 Å². The van der Waals surface area contributed by atoms with Crippen molar-refractivity contribution >= 4 is 11.6 Å². The topological polar surface area (TPSA) is 65.2 Å². The number of anilines is 1. The van der Waals surface area contributed by atoms with Gasteiger partial charge in [0.1, 0.15) is 11.4 Å². The summed E-state index contributed by atoms with van der Waals surface area (Å²) in [5.74, 6) is 0.255. The van der Waals surface area contributed by atoms with Gasteiger partial charge < -0.3 is 10.5 Å². The fourth-order valence-electron chi connectivity index (χ4n) is 2.25. The number of hydrogen-bond acceptors (Lipinski definition) is 4. The minimum Gasteiger partial charge on any atom is -0.383 e. The van der Waals surface area contributed by atoms with Gasteiger partial charge in [0.05, 0.1) is 5.56 Å². The zero-order chi connectivity index (χ0) is 12.5. The minimum absolute atomic E-state index is 0.0414. The molecule has 2 N–H and O–H groups in total. The number of pyridine rings is 1. The number of hydrogen-bond donors (Lipinski definition) is 1. The van der Waals surface area contributed by atoms with Crippen LogP contribution in [0.5, 0.6) is 0 Å². The van der Waals surface area contributed by atoms with Gasteiger partial charge in [0.2, 0.25) is 0 Å². The van der Waals surface area contributed by atoms with Gasteiger partial charge in [0.15, 0.2) is 5.78 Å². The van der Waals surface area contributed by atoms with E-state index in [-0.39, 0.29) is 5.78 Å². The highest BCUT2D eigenvalue weighted by molar-refractivity contribution is 6.06. The second-order valence-corrected chi connectivity index (χ2v) is 4.75. The van der Waals surface area contributed by atoms with Gasteiger partial charge in [-0.2, -0.15) is 0 Å². The maximum absolute atomic E-state index is 12.5. The normalized spacial score (nSPS) is 24.6. The summed E-state index contributed by atoms with van der Waals surface area (Å²) in [5, 5.41) is 0. The molecule has 2 rings (SSSR count). The molecule has 0 amide bonds.